The minimum absolute atomic E-state index is 0.125. The first-order valence-electron chi connectivity index (χ1n) is 7.37. The quantitative estimate of drug-likeness (QED) is 0.931. The van der Waals surface area contributed by atoms with Crippen molar-refractivity contribution in [1.29, 1.82) is 0 Å². The van der Waals surface area contributed by atoms with Crippen molar-refractivity contribution in [2.24, 2.45) is 0 Å². The molecule has 0 unspecified atom stereocenters. The molecule has 1 saturated heterocycles. The van der Waals surface area contributed by atoms with E-state index < -0.39 is 23.2 Å². The van der Waals surface area contributed by atoms with Gasteiger partial charge in [0.25, 0.3) is 11.5 Å². The maximum Gasteiger partial charge on any atom is 0.421 e. The van der Waals surface area contributed by atoms with Crippen molar-refractivity contribution >= 4 is 5.91 Å². The standard InChI is InChI=1S/C15H19F3N2O2/c1-3-14(4-2)6-5-7-20(14)13(22)10-8-11(15(16,17)18)12(21)19-9-10/h8-9H,3-7H2,1-2H3,(H,19,21). The third kappa shape index (κ3) is 2.76. The molecule has 7 heteroatoms. The van der Waals surface area contributed by atoms with Crippen molar-refractivity contribution in [2.75, 3.05) is 6.54 Å². The van der Waals surface area contributed by atoms with Gasteiger partial charge >= 0.3 is 6.18 Å². The molecule has 122 valence electrons. The number of halogens is 3. The van der Waals surface area contributed by atoms with Crippen LogP contribution in [0.25, 0.3) is 0 Å². The second-order valence-corrected chi connectivity index (χ2v) is 5.62. The Balaban J connectivity index is 2.40. The maximum absolute atomic E-state index is 12.8. The van der Waals surface area contributed by atoms with E-state index in [-0.39, 0.29) is 11.1 Å². The molecule has 2 heterocycles. The molecule has 0 aromatic carbocycles. The molecule has 4 nitrogen and oxygen atoms in total. The number of carbonyl (C=O) groups is 1. The molecule has 1 aliphatic heterocycles. The number of hydrogen-bond donors (Lipinski definition) is 1. The number of nitrogens with one attached hydrogen (secondary N) is 1. The zero-order valence-electron chi connectivity index (χ0n) is 12.6. The normalized spacial score (nSPS) is 17.8. The molecular weight excluding hydrogens is 297 g/mol. The van der Waals surface area contributed by atoms with Crippen molar-refractivity contribution in [3.8, 4) is 0 Å². The van der Waals surface area contributed by atoms with E-state index in [1.807, 2.05) is 18.8 Å². The van der Waals surface area contributed by atoms with Crippen LogP contribution in [0, 0.1) is 0 Å². The Kier molecular flexibility index (Phi) is 4.35. The number of nitrogens with zero attached hydrogens (tertiary/aromatic N) is 1. The molecule has 1 aromatic heterocycles. The first-order chi connectivity index (χ1) is 10.2. The minimum Gasteiger partial charge on any atom is -0.333 e. The van der Waals surface area contributed by atoms with E-state index in [2.05, 4.69) is 0 Å². The van der Waals surface area contributed by atoms with Crippen molar-refractivity contribution < 1.29 is 18.0 Å². The van der Waals surface area contributed by atoms with Gasteiger partial charge in [0.1, 0.15) is 5.56 Å². The molecular formula is C15H19F3N2O2. The number of rotatable bonds is 3. The van der Waals surface area contributed by atoms with Gasteiger partial charge in [0, 0.05) is 18.3 Å². The van der Waals surface area contributed by atoms with Crippen LogP contribution in [0.3, 0.4) is 0 Å². The third-order valence-electron chi connectivity index (χ3n) is 4.61. The molecule has 1 aromatic rings. The fourth-order valence-corrected chi connectivity index (χ4v) is 3.21. The van der Waals surface area contributed by atoms with E-state index in [1.165, 1.54) is 0 Å². The monoisotopic (exact) mass is 316 g/mol. The second kappa shape index (κ2) is 5.78. The third-order valence-corrected chi connectivity index (χ3v) is 4.61. The Labute approximate surface area is 126 Å². The summed E-state index contributed by atoms with van der Waals surface area (Å²) in [6.07, 6.45) is -0.518. The lowest BCUT2D eigenvalue weighted by atomic mass is 9.89. The van der Waals surface area contributed by atoms with Gasteiger partial charge in [-0.3, -0.25) is 9.59 Å². The summed E-state index contributed by atoms with van der Waals surface area (Å²) in [6.45, 7) is 4.48. The summed E-state index contributed by atoms with van der Waals surface area (Å²) in [5.41, 5.74) is -3.00. The predicted molar refractivity (Wildman–Crippen MR) is 75.6 cm³/mol. The Morgan fingerprint density at radius 3 is 2.55 bits per heavy atom. The van der Waals surface area contributed by atoms with Crippen LogP contribution in [0.2, 0.25) is 0 Å². The SMILES string of the molecule is CCC1(CC)CCCN1C(=O)c1c[nH]c(=O)c(C(F)(F)F)c1. The van der Waals surface area contributed by atoms with Gasteiger partial charge in [-0.1, -0.05) is 13.8 Å². The molecule has 0 saturated carbocycles. The van der Waals surface area contributed by atoms with Crippen LogP contribution in [0.5, 0.6) is 0 Å². The number of likely N-dealkylation sites (tertiary alicyclic amines) is 1. The van der Waals surface area contributed by atoms with E-state index in [9.17, 15) is 22.8 Å². The van der Waals surface area contributed by atoms with E-state index in [0.717, 1.165) is 31.9 Å². The average Bonchev–Trinajstić information content (AvgIpc) is 2.90. The lowest BCUT2D eigenvalue weighted by Gasteiger charge is -2.37. The lowest BCUT2D eigenvalue weighted by Crippen LogP contribution is -2.46. The molecule has 1 N–H and O–H groups in total. The molecule has 0 bridgehead atoms. The number of alkyl halides is 3. The van der Waals surface area contributed by atoms with Crippen LogP contribution >= 0.6 is 0 Å². The van der Waals surface area contributed by atoms with E-state index >= 15 is 0 Å². The Morgan fingerprint density at radius 1 is 1.36 bits per heavy atom. The van der Waals surface area contributed by atoms with Crippen LogP contribution in [0.15, 0.2) is 17.1 Å². The highest BCUT2D eigenvalue weighted by Crippen LogP contribution is 2.36. The van der Waals surface area contributed by atoms with Gasteiger partial charge in [-0.05, 0) is 31.7 Å². The number of aromatic amines is 1. The highest BCUT2D eigenvalue weighted by atomic mass is 19.4. The first kappa shape index (κ1) is 16.6. The van der Waals surface area contributed by atoms with Gasteiger partial charge < -0.3 is 9.88 Å². The molecule has 1 fully saturated rings. The van der Waals surface area contributed by atoms with Crippen molar-refractivity contribution in [1.82, 2.24) is 9.88 Å². The van der Waals surface area contributed by atoms with Crippen LogP contribution < -0.4 is 5.56 Å². The smallest absolute Gasteiger partial charge is 0.333 e. The first-order valence-corrected chi connectivity index (χ1v) is 7.37. The fraction of sp³-hybridized carbons (Fsp3) is 0.600. The lowest BCUT2D eigenvalue weighted by molar-refractivity contribution is -0.138. The molecule has 22 heavy (non-hydrogen) atoms. The Morgan fingerprint density at radius 2 is 2.00 bits per heavy atom. The van der Waals surface area contributed by atoms with Gasteiger partial charge in [0.2, 0.25) is 0 Å². The van der Waals surface area contributed by atoms with Gasteiger partial charge in [-0.2, -0.15) is 13.2 Å². The van der Waals surface area contributed by atoms with Crippen molar-refractivity contribution in [2.45, 2.75) is 51.2 Å². The van der Waals surface area contributed by atoms with Gasteiger partial charge in [-0.25, -0.2) is 0 Å². The summed E-state index contributed by atoms with van der Waals surface area (Å²) in [6, 6.07) is 0.648. The van der Waals surface area contributed by atoms with Gasteiger partial charge in [0.15, 0.2) is 0 Å². The minimum atomic E-state index is -4.78. The van der Waals surface area contributed by atoms with Gasteiger partial charge in [0.05, 0.1) is 5.56 Å². The molecule has 0 radical (unpaired) electrons. The maximum atomic E-state index is 12.8. The summed E-state index contributed by atoms with van der Waals surface area (Å²) >= 11 is 0. The fourth-order valence-electron chi connectivity index (χ4n) is 3.21. The summed E-state index contributed by atoms with van der Waals surface area (Å²) < 4.78 is 38.4. The predicted octanol–water partition coefficient (Wildman–Crippen LogP) is 3.19. The van der Waals surface area contributed by atoms with E-state index in [4.69, 9.17) is 0 Å². The van der Waals surface area contributed by atoms with Crippen LogP contribution in [0.1, 0.15) is 55.5 Å². The number of amides is 1. The van der Waals surface area contributed by atoms with E-state index in [0.29, 0.717) is 12.6 Å². The second-order valence-electron chi connectivity index (χ2n) is 5.62. The number of aromatic nitrogens is 1. The van der Waals surface area contributed by atoms with Crippen molar-refractivity contribution in [3.05, 3.63) is 33.7 Å². The van der Waals surface area contributed by atoms with Crippen LogP contribution in [0.4, 0.5) is 13.2 Å². The Hall–Kier alpha value is -1.79. The number of carbonyl (C=O) groups excluding carboxylic acids is 1. The zero-order chi connectivity index (χ0) is 16.5. The van der Waals surface area contributed by atoms with Crippen LogP contribution in [-0.2, 0) is 6.18 Å². The summed E-state index contributed by atoms with van der Waals surface area (Å²) in [5, 5.41) is 0. The molecule has 0 spiro atoms. The number of H-pyrrole nitrogens is 1. The van der Waals surface area contributed by atoms with E-state index in [1.54, 1.807) is 4.90 Å². The molecule has 0 atom stereocenters. The molecule has 1 aliphatic rings. The van der Waals surface area contributed by atoms with Gasteiger partial charge in [-0.15, -0.1) is 0 Å². The molecule has 2 rings (SSSR count). The zero-order valence-corrected chi connectivity index (χ0v) is 12.6. The van der Waals surface area contributed by atoms with Crippen LogP contribution in [-0.4, -0.2) is 27.9 Å². The van der Waals surface area contributed by atoms with Crippen molar-refractivity contribution in [3.63, 3.8) is 0 Å². The highest BCUT2D eigenvalue weighted by molar-refractivity contribution is 5.94. The largest absolute Gasteiger partial charge is 0.421 e. The summed E-state index contributed by atoms with van der Waals surface area (Å²) in [4.78, 5) is 27.6. The summed E-state index contributed by atoms with van der Waals surface area (Å²) in [7, 11) is 0. The molecule has 0 aliphatic carbocycles. The number of pyridine rings is 1. The average molecular weight is 316 g/mol. The molecule has 1 amide bonds. The summed E-state index contributed by atoms with van der Waals surface area (Å²) in [5.74, 6) is -0.456. The Bertz CT molecular complexity index is 618. The number of hydrogen-bond acceptors (Lipinski definition) is 2. The highest BCUT2D eigenvalue weighted by Gasteiger charge is 2.42. The topological polar surface area (TPSA) is 53.2 Å².